The van der Waals surface area contributed by atoms with Crippen LogP contribution in [0.5, 0.6) is 0 Å². The van der Waals surface area contributed by atoms with Crippen LogP contribution in [0.1, 0.15) is 55.1 Å². The third kappa shape index (κ3) is 3.01. The van der Waals surface area contributed by atoms with Crippen molar-refractivity contribution in [1.82, 2.24) is 9.29 Å². The van der Waals surface area contributed by atoms with Gasteiger partial charge in [0.2, 0.25) is 10.0 Å². The van der Waals surface area contributed by atoms with Gasteiger partial charge in [-0.25, -0.2) is 13.4 Å². The van der Waals surface area contributed by atoms with Crippen LogP contribution in [0.3, 0.4) is 0 Å². The van der Waals surface area contributed by atoms with E-state index in [0.29, 0.717) is 24.8 Å². The molecule has 0 bridgehead atoms. The van der Waals surface area contributed by atoms with Crippen LogP contribution in [-0.2, 0) is 16.6 Å². The van der Waals surface area contributed by atoms with E-state index in [1.54, 1.807) is 15.6 Å². The van der Waals surface area contributed by atoms with Gasteiger partial charge in [-0.05, 0) is 19.3 Å². The monoisotopic (exact) mass is 300 g/mol. The first-order chi connectivity index (χ1) is 9.15. The molecule has 1 aliphatic carbocycles. The van der Waals surface area contributed by atoms with Gasteiger partial charge in [-0.3, -0.25) is 0 Å². The van der Waals surface area contributed by atoms with Crippen LogP contribution in [-0.4, -0.2) is 30.0 Å². The van der Waals surface area contributed by atoms with Gasteiger partial charge in [0, 0.05) is 17.8 Å². The summed E-state index contributed by atoms with van der Waals surface area (Å²) >= 11 is 1.71. The van der Waals surface area contributed by atoms with E-state index in [4.69, 9.17) is 0 Å². The van der Waals surface area contributed by atoms with Crippen molar-refractivity contribution >= 4 is 21.4 Å². The number of nitrogens with zero attached hydrogens (tertiary/aromatic N) is 2. The molecule has 0 unspecified atom stereocenters. The van der Waals surface area contributed by atoms with Crippen molar-refractivity contribution in [1.29, 1.82) is 0 Å². The molecule has 1 aliphatic heterocycles. The van der Waals surface area contributed by atoms with Gasteiger partial charge >= 0.3 is 0 Å². The van der Waals surface area contributed by atoms with Crippen LogP contribution in [0.25, 0.3) is 0 Å². The molecule has 1 aromatic rings. The van der Waals surface area contributed by atoms with Crippen molar-refractivity contribution in [3.05, 3.63) is 16.1 Å². The van der Waals surface area contributed by atoms with Crippen molar-refractivity contribution in [2.45, 2.75) is 51.0 Å². The fraction of sp³-hybridized carbons (Fsp3) is 0.769. The zero-order valence-electron chi connectivity index (χ0n) is 11.0. The molecular formula is C13H20N2O2S2. The molecule has 6 heteroatoms. The van der Waals surface area contributed by atoms with Crippen LogP contribution >= 0.6 is 11.3 Å². The van der Waals surface area contributed by atoms with Gasteiger partial charge < -0.3 is 0 Å². The number of hydrogen-bond acceptors (Lipinski definition) is 4. The average molecular weight is 300 g/mol. The lowest BCUT2D eigenvalue weighted by Crippen LogP contribution is -2.25. The van der Waals surface area contributed by atoms with E-state index in [9.17, 15) is 8.42 Å². The molecule has 1 aromatic heterocycles. The first kappa shape index (κ1) is 13.5. The molecule has 2 aliphatic rings. The summed E-state index contributed by atoms with van der Waals surface area (Å²) in [7, 11) is -3.00. The Bertz CT molecular complexity index is 533. The first-order valence-corrected chi connectivity index (χ1v) is 9.56. The van der Waals surface area contributed by atoms with Gasteiger partial charge in [0.25, 0.3) is 0 Å². The molecule has 4 nitrogen and oxygen atoms in total. The molecule has 1 saturated carbocycles. The summed E-state index contributed by atoms with van der Waals surface area (Å²) in [6.45, 7) is 1.12. The third-order valence-electron chi connectivity index (χ3n) is 4.07. The van der Waals surface area contributed by atoms with E-state index < -0.39 is 10.0 Å². The van der Waals surface area contributed by atoms with E-state index in [2.05, 4.69) is 4.98 Å². The Hall–Kier alpha value is -0.460. The van der Waals surface area contributed by atoms with E-state index in [1.807, 2.05) is 5.38 Å². The highest BCUT2D eigenvalue weighted by molar-refractivity contribution is 7.89. The minimum absolute atomic E-state index is 0.298. The van der Waals surface area contributed by atoms with Gasteiger partial charge in [0.15, 0.2) is 0 Å². The summed E-state index contributed by atoms with van der Waals surface area (Å²) in [6.07, 6.45) is 7.20. The molecule has 0 spiro atoms. The molecule has 2 fully saturated rings. The zero-order valence-corrected chi connectivity index (χ0v) is 12.7. The van der Waals surface area contributed by atoms with Crippen LogP contribution < -0.4 is 0 Å². The SMILES string of the molecule is O=S1(=O)CCCN1Cc1csc(C2CCCCC2)n1. The van der Waals surface area contributed by atoms with Gasteiger partial charge in [-0.2, -0.15) is 4.31 Å². The Morgan fingerprint density at radius 1 is 1.26 bits per heavy atom. The lowest BCUT2D eigenvalue weighted by Gasteiger charge is -2.19. The Morgan fingerprint density at radius 3 is 2.74 bits per heavy atom. The summed E-state index contributed by atoms with van der Waals surface area (Å²) in [5.41, 5.74) is 0.927. The highest BCUT2D eigenvalue weighted by Crippen LogP contribution is 2.34. The summed E-state index contributed by atoms with van der Waals surface area (Å²) in [5, 5.41) is 3.25. The Kier molecular flexibility index (Phi) is 3.91. The van der Waals surface area contributed by atoms with Crippen LogP contribution in [0.15, 0.2) is 5.38 Å². The average Bonchev–Trinajstić information content (AvgIpc) is 2.99. The normalized spacial score (nSPS) is 24.8. The quantitative estimate of drug-likeness (QED) is 0.862. The van der Waals surface area contributed by atoms with Crippen LogP contribution in [0, 0.1) is 0 Å². The predicted octanol–water partition coefficient (Wildman–Crippen LogP) is 2.73. The second-order valence-electron chi connectivity index (χ2n) is 5.52. The van der Waals surface area contributed by atoms with Crippen molar-refractivity contribution < 1.29 is 8.42 Å². The van der Waals surface area contributed by atoms with E-state index in [0.717, 1.165) is 12.1 Å². The third-order valence-corrected chi connectivity index (χ3v) is 7.02. The fourth-order valence-corrected chi connectivity index (χ4v) is 5.45. The largest absolute Gasteiger partial charge is 0.245 e. The number of hydrogen-bond donors (Lipinski definition) is 0. The highest BCUT2D eigenvalue weighted by Gasteiger charge is 2.29. The van der Waals surface area contributed by atoms with Crippen LogP contribution in [0.4, 0.5) is 0 Å². The Labute approximate surface area is 118 Å². The van der Waals surface area contributed by atoms with Crippen molar-refractivity contribution in [3.8, 4) is 0 Å². The Balaban J connectivity index is 1.68. The smallest absolute Gasteiger partial charge is 0.214 e. The number of aromatic nitrogens is 1. The van der Waals surface area contributed by atoms with Gasteiger partial charge in [0.05, 0.1) is 23.0 Å². The predicted molar refractivity (Wildman–Crippen MR) is 76.8 cm³/mol. The zero-order chi connectivity index (χ0) is 13.3. The molecule has 106 valence electrons. The maximum absolute atomic E-state index is 11.8. The van der Waals surface area contributed by atoms with Crippen molar-refractivity contribution in [2.24, 2.45) is 0 Å². The topological polar surface area (TPSA) is 50.3 Å². The molecular weight excluding hydrogens is 280 g/mol. The Morgan fingerprint density at radius 2 is 2.05 bits per heavy atom. The molecule has 19 heavy (non-hydrogen) atoms. The molecule has 1 saturated heterocycles. The van der Waals surface area contributed by atoms with Crippen molar-refractivity contribution in [3.63, 3.8) is 0 Å². The first-order valence-electron chi connectivity index (χ1n) is 7.07. The minimum atomic E-state index is -3.00. The molecule has 2 heterocycles. The maximum atomic E-state index is 11.8. The highest BCUT2D eigenvalue weighted by atomic mass is 32.2. The number of sulfonamides is 1. The van der Waals surface area contributed by atoms with Crippen molar-refractivity contribution in [2.75, 3.05) is 12.3 Å². The van der Waals surface area contributed by atoms with E-state index in [-0.39, 0.29) is 0 Å². The summed E-state index contributed by atoms with van der Waals surface area (Å²) in [4.78, 5) is 4.68. The second kappa shape index (κ2) is 5.50. The number of rotatable bonds is 3. The second-order valence-corrected chi connectivity index (χ2v) is 8.49. The molecule has 0 radical (unpaired) electrons. The van der Waals surface area contributed by atoms with Gasteiger partial charge in [-0.15, -0.1) is 11.3 Å². The molecule has 0 aromatic carbocycles. The summed E-state index contributed by atoms with van der Waals surface area (Å²) in [6, 6.07) is 0. The summed E-state index contributed by atoms with van der Waals surface area (Å²) in [5.74, 6) is 0.912. The molecule has 0 N–H and O–H groups in total. The van der Waals surface area contributed by atoms with Gasteiger partial charge in [0.1, 0.15) is 0 Å². The standard InChI is InChI=1S/C13H20N2O2S2/c16-19(17)8-4-7-15(19)9-12-10-18-13(14-12)11-5-2-1-3-6-11/h10-11H,1-9H2. The molecule has 0 atom stereocenters. The number of thiazole rings is 1. The lowest BCUT2D eigenvalue weighted by molar-refractivity contribution is 0.428. The fourth-order valence-electron chi connectivity index (χ4n) is 2.98. The van der Waals surface area contributed by atoms with E-state index in [1.165, 1.54) is 37.1 Å². The van der Waals surface area contributed by atoms with Crippen LogP contribution in [0.2, 0.25) is 0 Å². The molecule has 0 amide bonds. The van der Waals surface area contributed by atoms with Gasteiger partial charge in [-0.1, -0.05) is 19.3 Å². The van der Waals surface area contributed by atoms with E-state index >= 15 is 0 Å². The maximum Gasteiger partial charge on any atom is 0.214 e. The minimum Gasteiger partial charge on any atom is -0.245 e. The summed E-state index contributed by atoms with van der Waals surface area (Å²) < 4.78 is 25.1. The lowest BCUT2D eigenvalue weighted by atomic mass is 9.90. The molecule has 3 rings (SSSR count).